The monoisotopic (exact) mass is 326 g/mol. The Hall–Kier alpha value is -3.42. The average molecular weight is 326 g/mol. The van der Waals surface area contributed by atoms with Gasteiger partial charge in [0.15, 0.2) is 0 Å². The molecular weight excluding hydrogens is 312 g/mol. The largest absolute Gasteiger partial charge is 0.273 e. The Labute approximate surface area is 137 Å². The van der Waals surface area contributed by atoms with Crippen molar-refractivity contribution >= 4 is 23.2 Å². The van der Waals surface area contributed by atoms with Crippen molar-refractivity contribution in [2.75, 3.05) is 10.0 Å². The summed E-state index contributed by atoms with van der Waals surface area (Å²) in [7, 11) is 0. The van der Waals surface area contributed by atoms with Crippen molar-refractivity contribution in [3.63, 3.8) is 0 Å². The van der Waals surface area contributed by atoms with E-state index in [0.717, 1.165) is 21.1 Å². The van der Waals surface area contributed by atoms with Gasteiger partial charge in [-0.2, -0.15) is 10.0 Å². The minimum Gasteiger partial charge on any atom is -0.273 e. The predicted molar refractivity (Wildman–Crippen MR) is 89.8 cm³/mol. The molecule has 0 aromatic heterocycles. The molecule has 0 aliphatic rings. The molecule has 8 heteroatoms. The fraction of sp³-hybridized carbons (Fsp3) is 0.125. The highest BCUT2D eigenvalue weighted by molar-refractivity contribution is 5.91. The second kappa shape index (κ2) is 7.23. The number of benzene rings is 2. The molecule has 0 fully saturated rings. The summed E-state index contributed by atoms with van der Waals surface area (Å²) in [5.74, 6) is -0.958. The molecule has 0 radical (unpaired) electrons. The Morgan fingerprint density at radius 2 is 0.958 bits per heavy atom. The van der Waals surface area contributed by atoms with Gasteiger partial charge >= 0.3 is 0 Å². The Kier molecular flexibility index (Phi) is 5.10. The van der Waals surface area contributed by atoms with Crippen LogP contribution in [-0.4, -0.2) is 11.8 Å². The van der Waals surface area contributed by atoms with Crippen molar-refractivity contribution in [1.29, 1.82) is 0 Å². The molecule has 8 nitrogen and oxygen atoms in total. The molecule has 122 valence electrons. The van der Waals surface area contributed by atoms with Gasteiger partial charge in [0.25, 0.3) is 0 Å². The molecule has 0 unspecified atom stereocenters. The summed E-state index contributed by atoms with van der Waals surface area (Å²) in [5, 5.41) is 6.86. The first-order valence-electron chi connectivity index (χ1n) is 6.96. The van der Waals surface area contributed by atoms with Gasteiger partial charge in [-0.05, 0) is 35.4 Å². The maximum Gasteiger partial charge on any atom is 0.246 e. The van der Waals surface area contributed by atoms with Crippen LogP contribution in [0.4, 0.5) is 11.4 Å². The summed E-state index contributed by atoms with van der Waals surface area (Å²) < 4.78 is 0. The molecule has 0 saturated carbocycles. The van der Waals surface area contributed by atoms with Crippen molar-refractivity contribution in [2.45, 2.75) is 13.8 Å². The lowest BCUT2D eigenvalue weighted by atomic mass is 10.0. The zero-order chi connectivity index (χ0) is 17.7. The zero-order valence-electron chi connectivity index (χ0n) is 13.0. The third-order valence-electron chi connectivity index (χ3n) is 3.32. The quantitative estimate of drug-likeness (QED) is 0.620. The van der Waals surface area contributed by atoms with Gasteiger partial charge in [-0.25, -0.2) is 0 Å². The molecule has 0 spiro atoms. The Morgan fingerprint density at radius 3 is 1.17 bits per heavy atom. The van der Waals surface area contributed by atoms with Gasteiger partial charge in [-0.15, -0.1) is 9.81 Å². The molecule has 0 aliphatic carbocycles. The number of nitroso groups, excluding NO2 is 2. The van der Waals surface area contributed by atoms with Crippen molar-refractivity contribution in [3.05, 3.63) is 58.3 Å². The number of nitrogens with zero attached hydrogens (tertiary/aromatic N) is 4. The lowest BCUT2D eigenvalue weighted by Gasteiger charge is -2.13. The van der Waals surface area contributed by atoms with E-state index in [4.69, 9.17) is 0 Å². The lowest BCUT2D eigenvalue weighted by Crippen LogP contribution is -2.21. The van der Waals surface area contributed by atoms with Crippen LogP contribution in [0, 0.1) is 9.81 Å². The third-order valence-corrected chi connectivity index (χ3v) is 3.32. The number of amides is 2. The zero-order valence-corrected chi connectivity index (χ0v) is 13.0. The van der Waals surface area contributed by atoms with Crippen LogP contribution < -0.4 is 10.0 Å². The summed E-state index contributed by atoms with van der Waals surface area (Å²) in [6.07, 6.45) is 0. The first kappa shape index (κ1) is 16.9. The number of carbonyl (C=O) groups excluding carboxylic acids is 2. The molecule has 0 aliphatic heterocycles. The number of hydrogen-bond acceptors (Lipinski definition) is 6. The second-order valence-electron chi connectivity index (χ2n) is 4.92. The second-order valence-corrected chi connectivity index (χ2v) is 4.92. The highest BCUT2D eigenvalue weighted by Crippen LogP contribution is 2.26. The molecule has 0 atom stereocenters. The van der Waals surface area contributed by atoms with E-state index in [-0.39, 0.29) is 0 Å². The van der Waals surface area contributed by atoms with Crippen molar-refractivity contribution < 1.29 is 9.59 Å². The number of anilines is 2. The fourth-order valence-electron chi connectivity index (χ4n) is 2.16. The first-order chi connectivity index (χ1) is 11.5. The minimum absolute atomic E-state index is 0.366. The molecular formula is C16H14N4O4. The van der Waals surface area contributed by atoms with Crippen LogP contribution in [0.1, 0.15) is 13.8 Å². The van der Waals surface area contributed by atoms with Crippen LogP contribution in [0.15, 0.2) is 59.1 Å². The Balaban J connectivity index is 2.26. The van der Waals surface area contributed by atoms with E-state index < -0.39 is 11.8 Å². The highest BCUT2D eigenvalue weighted by atomic mass is 16.3. The smallest absolute Gasteiger partial charge is 0.246 e. The summed E-state index contributed by atoms with van der Waals surface area (Å²) in [5.41, 5.74) is 2.39. The molecule has 2 rings (SSSR count). The van der Waals surface area contributed by atoms with Gasteiger partial charge < -0.3 is 0 Å². The van der Waals surface area contributed by atoms with Crippen LogP contribution in [0.25, 0.3) is 11.1 Å². The van der Waals surface area contributed by atoms with E-state index in [1.54, 1.807) is 48.5 Å². The molecule has 2 aromatic carbocycles. The lowest BCUT2D eigenvalue weighted by molar-refractivity contribution is -0.117. The maximum atomic E-state index is 11.3. The van der Waals surface area contributed by atoms with E-state index in [2.05, 4.69) is 10.6 Å². The van der Waals surface area contributed by atoms with Gasteiger partial charge in [0.2, 0.25) is 11.8 Å². The summed E-state index contributed by atoms with van der Waals surface area (Å²) in [4.78, 5) is 43.9. The molecule has 0 bridgehead atoms. The van der Waals surface area contributed by atoms with Gasteiger partial charge in [0.1, 0.15) is 0 Å². The van der Waals surface area contributed by atoms with Crippen LogP contribution in [0.2, 0.25) is 0 Å². The highest BCUT2D eigenvalue weighted by Gasteiger charge is 2.13. The van der Waals surface area contributed by atoms with E-state index in [0.29, 0.717) is 11.4 Å². The minimum atomic E-state index is -0.479. The third kappa shape index (κ3) is 3.49. The fourth-order valence-corrected chi connectivity index (χ4v) is 2.16. The van der Waals surface area contributed by atoms with Gasteiger partial charge in [-0.1, -0.05) is 24.3 Å². The molecule has 0 saturated heterocycles. The van der Waals surface area contributed by atoms with E-state index in [1.165, 1.54) is 13.8 Å². The van der Waals surface area contributed by atoms with Crippen LogP contribution in [0.5, 0.6) is 0 Å². The van der Waals surface area contributed by atoms with Crippen molar-refractivity contribution in [2.24, 2.45) is 10.6 Å². The molecule has 2 aromatic rings. The topological polar surface area (TPSA) is 99.5 Å². The number of hydrogen-bond donors (Lipinski definition) is 0. The van der Waals surface area contributed by atoms with Gasteiger partial charge in [0.05, 0.1) is 21.9 Å². The van der Waals surface area contributed by atoms with Crippen LogP contribution in [0.3, 0.4) is 0 Å². The number of rotatable bonds is 5. The standard InChI is InChI=1S/C16H14N4O4/c1-11(21)19(17-23)15-7-3-13(4-8-15)14-5-9-16(10-6-14)20(18-24)12(2)22/h3-10H,1-2H3. The first-order valence-corrected chi connectivity index (χ1v) is 6.96. The predicted octanol–water partition coefficient (Wildman–Crippen LogP) is 3.42. The molecule has 0 N–H and O–H groups in total. The van der Waals surface area contributed by atoms with E-state index in [1.807, 2.05) is 0 Å². The van der Waals surface area contributed by atoms with Crippen LogP contribution >= 0.6 is 0 Å². The van der Waals surface area contributed by atoms with Gasteiger partial charge in [0, 0.05) is 13.8 Å². The molecule has 24 heavy (non-hydrogen) atoms. The maximum absolute atomic E-state index is 11.3. The average Bonchev–Trinajstić information content (AvgIpc) is 2.57. The summed E-state index contributed by atoms with van der Waals surface area (Å²) in [6, 6.07) is 13.3. The van der Waals surface area contributed by atoms with Crippen LogP contribution in [-0.2, 0) is 9.59 Å². The normalized spacial score (nSPS) is 9.92. The summed E-state index contributed by atoms with van der Waals surface area (Å²) >= 11 is 0. The molecule has 2 amide bonds. The van der Waals surface area contributed by atoms with Crippen molar-refractivity contribution in [1.82, 2.24) is 0 Å². The Bertz CT molecular complexity index is 704. The van der Waals surface area contributed by atoms with E-state index in [9.17, 15) is 19.4 Å². The van der Waals surface area contributed by atoms with Gasteiger partial charge in [-0.3, -0.25) is 9.59 Å². The SMILES string of the molecule is CC(=O)N(N=O)c1ccc(-c2ccc(N(N=O)C(C)=O)cc2)cc1. The summed E-state index contributed by atoms with van der Waals surface area (Å²) in [6.45, 7) is 2.49. The Morgan fingerprint density at radius 1 is 0.667 bits per heavy atom. The number of carbonyl (C=O) groups is 2. The molecule has 0 heterocycles. The van der Waals surface area contributed by atoms with E-state index >= 15 is 0 Å². The van der Waals surface area contributed by atoms with Crippen molar-refractivity contribution in [3.8, 4) is 11.1 Å².